The molecule has 3 N–H and O–H groups in total. The van der Waals surface area contributed by atoms with Gasteiger partial charge < -0.3 is 10.5 Å². The Hall–Kier alpha value is -3.19. The maximum Gasteiger partial charge on any atom is 0.257 e. The van der Waals surface area contributed by atoms with Gasteiger partial charge in [0.25, 0.3) is 11.8 Å². The number of aryl methyl sites for hydroxylation is 3. The number of nitrogens with zero attached hydrogens (tertiary/aromatic N) is 1. The molecule has 0 spiro atoms. The summed E-state index contributed by atoms with van der Waals surface area (Å²) in [6.07, 6.45) is 0. The zero-order valence-electron chi connectivity index (χ0n) is 15.9. The summed E-state index contributed by atoms with van der Waals surface area (Å²) in [5, 5.41) is 5.29. The van der Waals surface area contributed by atoms with Gasteiger partial charge in [-0.15, -0.1) is 11.3 Å². The van der Waals surface area contributed by atoms with E-state index in [1.807, 2.05) is 5.38 Å². The number of carbonyl (C=O) groups is 2. The molecule has 0 bridgehead atoms. The van der Waals surface area contributed by atoms with E-state index >= 15 is 0 Å². The normalized spacial score (nSPS) is 10.5. The number of primary amides is 1. The molecule has 2 amide bonds. The van der Waals surface area contributed by atoms with Crippen LogP contribution >= 0.6 is 11.3 Å². The second-order valence-electron chi connectivity index (χ2n) is 6.52. The van der Waals surface area contributed by atoms with E-state index < -0.39 is 5.91 Å². The molecule has 0 saturated carbocycles. The monoisotopic (exact) mass is 395 g/mol. The minimum absolute atomic E-state index is 0.203. The Balaban J connectivity index is 1.70. The number of anilines is 1. The Labute approximate surface area is 167 Å². The van der Waals surface area contributed by atoms with E-state index in [9.17, 15) is 9.59 Å². The molecule has 1 aromatic heterocycles. The van der Waals surface area contributed by atoms with Crippen molar-refractivity contribution in [3.8, 4) is 17.0 Å². The van der Waals surface area contributed by atoms with Crippen molar-refractivity contribution in [3.63, 3.8) is 0 Å². The highest BCUT2D eigenvalue weighted by Crippen LogP contribution is 2.29. The number of carbonyl (C=O) groups excluding carboxylic acids is 2. The van der Waals surface area contributed by atoms with Crippen LogP contribution in [0, 0.1) is 20.8 Å². The Kier molecular flexibility index (Phi) is 5.75. The minimum atomic E-state index is -0.555. The zero-order chi connectivity index (χ0) is 20.3. The summed E-state index contributed by atoms with van der Waals surface area (Å²) >= 11 is 1.38. The highest BCUT2D eigenvalue weighted by Gasteiger charge is 2.12. The van der Waals surface area contributed by atoms with Crippen molar-refractivity contribution in [1.82, 2.24) is 4.98 Å². The molecule has 0 fully saturated rings. The van der Waals surface area contributed by atoms with Gasteiger partial charge in [-0.25, -0.2) is 4.98 Å². The standard InChI is InChI=1S/C21H21N3O3S/c1-12-8-14(3)17(9-13(12)2)18-11-28-21(23-18)24-20(26)15-4-6-16(7-5-15)27-10-19(22)25/h4-9,11H,10H2,1-3H3,(H2,22,25)(H,23,24,26). The van der Waals surface area contributed by atoms with Crippen LogP contribution in [-0.4, -0.2) is 23.4 Å². The molecule has 0 unspecified atom stereocenters. The van der Waals surface area contributed by atoms with Gasteiger partial charge in [0.2, 0.25) is 0 Å². The second-order valence-corrected chi connectivity index (χ2v) is 7.38. The van der Waals surface area contributed by atoms with Gasteiger partial charge in [-0.1, -0.05) is 6.07 Å². The molecule has 0 aliphatic carbocycles. The van der Waals surface area contributed by atoms with Crippen LogP contribution in [0.15, 0.2) is 41.8 Å². The van der Waals surface area contributed by atoms with Crippen LogP contribution in [0.2, 0.25) is 0 Å². The second kappa shape index (κ2) is 8.22. The van der Waals surface area contributed by atoms with Gasteiger partial charge >= 0.3 is 0 Å². The molecule has 3 rings (SSSR count). The van der Waals surface area contributed by atoms with Gasteiger partial charge in [0.05, 0.1) is 5.69 Å². The largest absolute Gasteiger partial charge is 0.484 e. The van der Waals surface area contributed by atoms with Crippen molar-refractivity contribution in [3.05, 3.63) is 64.0 Å². The van der Waals surface area contributed by atoms with Crippen molar-refractivity contribution in [2.75, 3.05) is 11.9 Å². The van der Waals surface area contributed by atoms with Gasteiger partial charge in [0.1, 0.15) is 5.75 Å². The van der Waals surface area contributed by atoms with Crippen molar-refractivity contribution in [2.24, 2.45) is 5.73 Å². The van der Waals surface area contributed by atoms with Gasteiger partial charge in [-0.2, -0.15) is 0 Å². The van der Waals surface area contributed by atoms with E-state index in [1.165, 1.54) is 22.5 Å². The van der Waals surface area contributed by atoms with Crippen LogP contribution in [0.4, 0.5) is 5.13 Å². The number of amides is 2. The van der Waals surface area contributed by atoms with E-state index in [0.717, 1.165) is 16.8 Å². The molecule has 0 aliphatic rings. The average molecular weight is 395 g/mol. The molecule has 3 aromatic rings. The van der Waals surface area contributed by atoms with Gasteiger partial charge in [-0.05, 0) is 67.8 Å². The number of nitrogens with one attached hydrogen (secondary N) is 1. The lowest BCUT2D eigenvalue weighted by molar-refractivity contribution is -0.119. The van der Waals surface area contributed by atoms with Crippen LogP contribution in [0.3, 0.4) is 0 Å². The third kappa shape index (κ3) is 4.55. The van der Waals surface area contributed by atoms with E-state index in [1.54, 1.807) is 24.3 Å². The molecule has 28 heavy (non-hydrogen) atoms. The smallest absolute Gasteiger partial charge is 0.257 e. The number of hydrogen-bond donors (Lipinski definition) is 2. The van der Waals surface area contributed by atoms with Gasteiger partial charge in [0.15, 0.2) is 11.7 Å². The lowest BCUT2D eigenvalue weighted by atomic mass is 9.99. The van der Waals surface area contributed by atoms with Crippen LogP contribution in [-0.2, 0) is 4.79 Å². The topological polar surface area (TPSA) is 94.3 Å². The predicted octanol–water partition coefficient (Wildman–Crippen LogP) is 3.85. The Morgan fingerprint density at radius 1 is 1.07 bits per heavy atom. The summed E-state index contributed by atoms with van der Waals surface area (Å²) in [6.45, 7) is 6.01. The number of ether oxygens (including phenoxy) is 1. The summed E-state index contributed by atoms with van der Waals surface area (Å²) in [4.78, 5) is 27.7. The fourth-order valence-electron chi connectivity index (χ4n) is 2.72. The van der Waals surface area contributed by atoms with Crippen molar-refractivity contribution >= 4 is 28.3 Å². The molecule has 7 heteroatoms. The molecule has 0 radical (unpaired) electrons. The first-order valence-electron chi connectivity index (χ1n) is 8.70. The number of hydrogen-bond acceptors (Lipinski definition) is 5. The molecule has 0 saturated heterocycles. The molecule has 0 atom stereocenters. The summed E-state index contributed by atoms with van der Waals surface area (Å²) in [7, 11) is 0. The Morgan fingerprint density at radius 3 is 2.43 bits per heavy atom. The molecule has 6 nitrogen and oxygen atoms in total. The SMILES string of the molecule is Cc1cc(C)c(-c2csc(NC(=O)c3ccc(OCC(N)=O)cc3)n2)cc1C. The summed E-state index contributed by atoms with van der Waals surface area (Å²) in [5.74, 6) is -0.350. The summed E-state index contributed by atoms with van der Waals surface area (Å²) in [5.41, 5.74) is 11.0. The maximum absolute atomic E-state index is 12.4. The highest BCUT2D eigenvalue weighted by molar-refractivity contribution is 7.14. The number of aromatic nitrogens is 1. The third-order valence-electron chi connectivity index (χ3n) is 4.34. The molecule has 2 aromatic carbocycles. The number of thiazole rings is 1. The van der Waals surface area contributed by atoms with Crippen LogP contribution in [0.25, 0.3) is 11.3 Å². The van der Waals surface area contributed by atoms with E-state index in [0.29, 0.717) is 16.4 Å². The zero-order valence-corrected chi connectivity index (χ0v) is 16.7. The molecule has 1 heterocycles. The van der Waals surface area contributed by atoms with Crippen LogP contribution in [0.1, 0.15) is 27.0 Å². The predicted molar refractivity (Wildman–Crippen MR) is 111 cm³/mol. The minimum Gasteiger partial charge on any atom is -0.484 e. The van der Waals surface area contributed by atoms with Crippen LogP contribution < -0.4 is 15.8 Å². The van der Waals surface area contributed by atoms with E-state index in [2.05, 4.69) is 43.2 Å². The van der Waals surface area contributed by atoms with E-state index in [-0.39, 0.29) is 12.5 Å². The lowest BCUT2D eigenvalue weighted by Crippen LogP contribution is -2.20. The first-order valence-corrected chi connectivity index (χ1v) is 9.57. The van der Waals surface area contributed by atoms with Crippen molar-refractivity contribution in [1.29, 1.82) is 0 Å². The van der Waals surface area contributed by atoms with E-state index in [4.69, 9.17) is 10.5 Å². The van der Waals surface area contributed by atoms with Crippen LogP contribution in [0.5, 0.6) is 5.75 Å². The van der Waals surface area contributed by atoms with Crippen molar-refractivity contribution < 1.29 is 14.3 Å². The van der Waals surface area contributed by atoms with Gasteiger partial charge in [-0.3, -0.25) is 14.9 Å². The quantitative estimate of drug-likeness (QED) is 0.663. The first kappa shape index (κ1) is 19.6. The highest BCUT2D eigenvalue weighted by atomic mass is 32.1. The fourth-order valence-corrected chi connectivity index (χ4v) is 3.42. The average Bonchev–Trinajstić information content (AvgIpc) is 3.11. The summed E-state index contributed by atoms with van der Waals surface area (Å²) in [6, 6.07) is 10.7. The van der Waals surface area contributed by atoms with Crippen molar-refractivity contribution in [2.45, 2.75) is 20.8 Å². The maximum atomic E-state index is 12.4. The molecular weight excluding hydrogens is 374 g/mol. The Morgan fingerprint density at radius 2 is 1.75 bits per heavy atom. The fraction of sp³-hybridized carbons (Fsp3) is 0.190. The third-order valence-corrected chi connectivity index (χ3v) is 5.10. The summed E-state index contributed by atoms with van der Waals surface area (Å²) < 4.78 is 5.19. The number of benzene rings is 2. The molecular formula is C21H21N3O3S. The number of rotatable bonds is 6. The van der Waals surface area contributed by atoms with Gasteiger partial charge in [0, 0.05) is 16.5 Å². The molecule has 0 aliphatic heterocycles. The number of nitrogens with two attached hydrogens (primary N) is 1. The first-order chi connectivity index (χ1) is 13.3. The molecule has 144 valence electrons. The Bertz CT molecular complexity index is 1030. The lowest BCUT2D eigenvalue weighted by Gasteiger charge is -2.07.